The van der Waals surface area contributed by atoms with Crippen LogP contribution in [-0.2, 0) is 4.74 Å². The van der Waals surface area contributed by atoms with Gasteiger partial charge in [-0.05, 0) is 37.3 Å². The Bertz CT molecular complexity index is 1060. The number of benzene rings is 1. The van der Waals surface area contributed by atoms with Crippen LogP contribution in [0.5, 0.6) is 0 Å². The summed E-state index contributed by atoms with van der Waals surface area (Å²) in [6, 6.07) is 7.59. The van der Waals surface area contributed by atoms with Crippen LogP contribution < -0.4 is 11.2 Å². The zero-order valence-corrected chi connectivity index (χ0v) is 16.2. The lowest BCUT2D eigenvalue weighted by molar-refractivity contribution is -0.105. The fourth-order valence-corrected chi connectivity index (χ4v) is 4.47. The van der Waals surface area contributed by atoms with Gasteiger partial charge in [-0.25, -0.2) is 9.18 Å². The SMILES string of the molecule is CC[C@@]1(C2CC2)O[C@@H](n2cc(F)c(=O)n(C(=O)c3ccccc3)c2=O)[C@@H](F)[C@@H]1C. The number of rotatable bonds is 4. The number of alkyl halides is 1. The van der Waals surface area contributed by atoms with E-state index in [9.17, 15) is 18.8 Å². The lowest BCUT2D eigenvalue weighted by Crippen LogP contribution is -2.47. The molecular weight excluding hydrogens is 382 g/mol. The van der Waals surface area contributed by atoms with Crippen LogP contribution in [0.1, 0.15) is 49.7 Å². The highest BCUT2D eigenvalue weighted by Crippen LogP contribution is 2.56. The normalized spacial score (nSPS) is 29.2. The van der Waals surface area contributed by atoms with Gasteiger partial charge in [-0.2, -0.15) is 8.96 Å². The number of aromatic nitrogens is 2. The molecule has 8 heteroatoms. The minimum Gasteiger partial charge on any atom is -0.348 e. The number of carbonyl (C=O) groups is 1. The van der Waals surface area contributed by atoms with Crippen molar-refractivity contribution < 1.29 is 18.3 Å². The van der Waals surface area contributed by atoms with Gasteiger partial charge < -0.3 is 4.74 Å². The maximum atomic E-state index is 15.2. The van der Waals surface area contributed by atoms with Crippen molar-refractivity contribution in [2.75, 3.05) is 0 Å². The van der Waals surface area contributed by atoms with Crippen LogP contribution in [-0.4, -0.2) is 26.8 Å². The zero-order chi connectivity index (χ0) is 20.9. The maximum absolute atomic E-state index is 15.2. The molecule has 0 amide bonds. The van der Waals surface area contributed by atoms with Gasteiger partial charge in [0.05, 0.1) is 11.8 Å². The minimum absolute atomic E-state index is 0.0437. The highest BCUT2D eigenvalue weighted by Gasteiger charge is 2.59. The molecule has 1 aromatic heterocycles. The summed E-state index contributed by atoms with van der Waals surface area (Å²) in [6.07, 6.45) is 0.0329. The summed E-state index contributed by atoms with van der Waals surface area (Å²) in [5, 5.41) is 0. The van der Waals surface area contributed by atoms with Gasteiger partial charge in [0.15, 0.2) is 12.4 Å². The predicted octanol–water partition coefficient (Wildman–Crippen LogP) is 2.90. The van der Waals surface area contributed by atoms with E-state index in [-0.39, 0.29) is 16.0 Å². The van der Waals surface area contributed by atoms with E-state index in [4.69, 9.17) is 4.74 Å². The maximum Gasteiger partial charge on any atom is 0.340 e. The highest BCUT2D eigenvalue weighted by molar-refractivity contribution is 5.95. The number of ether oxygens (including phenoxy) is 1. The monoisotopic (exact) mass is 404 g/mol. The van der Waals surface area contributed by atoms with E-state index in [1.165, 1.54) is 12.1 Å². The number of hydrogen-bond donors (Lipinski definition) is 0. The number of hydrogen-bond acceptors (Lipinski definition) is 4. The first-order valence-electron chi connectivity index (χ1n) is 9.77. The quantitative estimate of drug-likeness (QED) is 0.786. The van der Waals surface area contributed by atoms with Crippen molar-refractivity contribution in [3.8, 4) is 0 Å². The van der Waals surface area contributed by atoms with Crippen LogP contribution >= 0.6 is 0 Å². The van der Waals surface area contributed by atoms with Gasteiger partial charge >= 0.3 is 5.69 Å². The molecule has 0 unspecified atom stereocenters. The molecule has 1 aliphatic carbocycles. The smallest absolute Gasteiger partial charge is 0.340 e. The summed E-state index contributed by atoms with van der Waals surface area (Å²) >= 11 is 0. The van der Waals surface area contributed by atoms with Crippen molar-refractivity contribution in [3.63, 3.8) is 0 Å². The average Bonchev–Trinajstić information content (AvgIpc) is 3.54. The van der Waals surface area contributed by atoms with Crippen LogP contribution in [0.2, 0.25) is 0 Å². The Kier molecular flexibility index (Phi) is 4.77. The summed E-state index contributed by atoms with van der Waals surface area (Å²) in [6.45, 7) is 3.62. The molecule has 0 bridgehead atoms. The van der Waals surface area contributed by atoms with Crippen LogP contribution in [0.15, 0.2) is 46.1 Å². The molecule has 0 radical (unpaired) electrons. The van der Waals surface area contributed by atoms with E-state index in [0.29, 0.717) is 17.2 Å². The summed E-state index contributed by atoms with van der Waals surface area (Å²) < 4.78 is 36.6. The van der Waals surface area contributed by atoms with Gasteiger partial charge in [0.1, 0.15) is 0 Å². The second-order valence-corrected chi connectivity index (χ2v) is 7.80. The Morgan fingerprint density at radius 2 is 1.90 bits per heavy atom. The van der Waals surface area contributed by atoms with Gasteiger partial charge in [0.25, 0.3) is 11.5 Å². The van der Waals surface area contributed by atoms with Crippen molar-refractivity contribution in [2.45, 2.75) is 51.1 Å². The standard InChI is InChI=1S/C21H22F2N2O4/c1-3-21(14-9-10-14)12(2)16(23)19(29-21)24-11-15(22)18(27)25(20(24)28)17(26)13-7-5-4-6-8-13/h4-8,11-12,14,16,19H,3,9-10H2,1-2H3/t12-,16-,19+,21+/m0/s1. The fourth-order valence-electron chi connectivity index (χ4n) is 4.47. The van der Waals surface area contributed by atoms with Crippen LogP contribution in [0, 0.1) is 17.7 Å². The Morgan fingerprint density at radius 1 is 1.24 bits per heavy atom. The zero-order valence-electron chi connectivity index (χ0n) is 16.2. The molecule has 1 saturated carbocycles. The lowest BCUT2D eigenvalue weighted by Gasteiger charge is -2.32. The van der Waals surface area contributed by atoms with E-state index < -0.39 is 46.9 Å². The molecule has 4 atom stereocenters. The Hall–Kier alpha value is -2.61. The third-order valence-electron chi connectivity index (χ3n) is 6.25. The van der Waals surface area contributed by atoms with Gasteiger partial charge in [0.2, 0.25) is 5.82 Å². The molecule has 154 valence electrons. The first-order chi connectivity index (χ1) is 13.8. The van der Waals surface area contributed by atoms with Gasteiger partial charge in [-0.15, -0.1) is 0 Å². The Labute approximate surface area is 165 Å². The molecular formula is C21H22F2N2O4. The first kappa shape index (κ1) is 19.7. The van der Waals surface area contributed by atoms with Crippen molar-refractivity contribution in [1.82, 2.24) is 9.13 Å². The number of nitrogens with zero attached hydrogens (tertiary/aromatic N) is 2. The molecule has 1 aliphatic heterocycles. The molecule has 2 aromatic rings. The molecule has 0 spiro atoms. The molecule has 6 nitrogen and oxygen atoms in total. The highest BCUT2D eigenvalue weighted by atomic mass is 19.1. The van der Waals surface area contributed by atoms with E-state index in [0.717, 1.165) is 12.8 Å². The van der Waals surface area contributed by atoms with Gasteiger partial charge in [-0.3, -0.25) is 14.2 Å². The topological polar surface area (TPSA) is 70.3 Å². The van der Waals surface area contributed by atoms with Crippen molar-refractivity contribution in [3.05, 3.63) is 68.7 Å². The van der Waals surface area contributed by atoms with Crippen molar-refractivity contribution in [2.24, 2.45) is 11.8 Å². The summed E-state index contributed by atoms with van der Waals surface area (Å²) in [7, 11) is 0. The Balaban J connectivity index is 1.82. The number of halogens is 2. The largest absolute Gasteiger partial charge is 0.348 e. The molecule has 29 heavy (non-hydrogen) atoms. The third kappa shape index (κ3) is 2.97. The van der Waals surface area contributed by atoms with E-state index in [1.54, 1.807) is 25.1 Å². The second kappa shape index (κ2) is 7.02. The van der Waals surface area contributed by atoms with Crippen LogP contribution in [0.4, 0.5) is 8.78 Å². The van der Waals surface area contributed by atoms with E-state index >= 15 is 4.39 Å². The molecule has 4 rings (SSSR count). The lowest BCUT2D eigenvalue weighted by atomic mass is 9.81. The molecule has 2 fully saturated rings. The van der Waals surface area contributed by atoms with Crippen LogP contribution in [0.3, 0.4) is 0 Å². The average molecular weight is 404 g/mol. The minimum atomic E-state index is -1.58. The van der Waals surface area contributed by atoms with E-state index in [1.807, 2.05) is 6.92 Å². The number of carbonyl (C=O) groups excluding carboxylic acids is 1. The van der Waals surface area contributed by atoms with Gasteiger partial charge in [0, 0.05) is 11.5 Å². The fraction of sp³-hybridized carbons (Fsp3) is 0.476. The first-order valence-corrected chi connectivity index (χ1v) is 9.77. The van der Waals surface area contributed by atoms with Crippen molar-refractivity contribution >= 4 is 5.91 Å². The molecule has 1 saturated heterocycles. The second-order valence-electron chi connectivity index (χ2n) is 7.80. The molecule has 1 aromatic carbocycles. The molecule has 2 heterocycles. The van der Waals surface area contributed by atoms with Crippen molar-refractivity contribution in [1.29, 1.82) is 0 Å². The predicted molar refractivity (Wildman–Crippen MR) is 101 cm³/mol. The summed E-state index contributed by atoms with van der Waals surface area (Å²) in [4.78, 5) is 37.9. The van der Waals surface area contributed by atoms with Gasteiger partial charge in [-0.1, -0.05) is 32.0 Å². The molecule has 0 N–H and O–H groups in total. The Morgan fingerprint density at radius 3 is 2.48 bits per heavy atom. The van der Waals surface area contributed by atoms with E-state index in [2.05, 4.69) is 0 Å². The molecule has 2 aliphatic rings. The summed E-state index contributed by atoms with van der Waals surface area (Å²) in [5.74, 6) is -2.62. The van der Waals surface area contributed by atoms with Crippen LogP contribution in [0.25, 0.3) is 0 Å². The third-order valence-corrected chi connectivity index (χ3v) is 6.25. The summed E-state index contributed by atoms with van der Waals surface area (Å²) in [5.41, 5.74) is -3.19.